The number of aliphatic carboxylic acids is 1. The molecule has 0 aromatic heterocycles. The zero-order chi connectivity index (χ0) is 34.1. The summed E-state index contributed by atoms with van der Waals surface area (Å²) < 4.78 is 18.2. The molecule has 6 bridgehead atoms. The molecule has 0 saturated carbocycles. The summed E-state index contributed by atoms with van der Waals surface area (Å²) >= 11 is 0. The third kappa shape index (κ3) is 9.50. The Kier molecular flexibility index (Phi) is 12.3. The molecule has 47 heavy (non-hydrogen) atoms. The lowest BCUT2D eigenvalue weighted by Crippen LogP contribution is -2.49. The number of rotatable bonds is 13. The minimum absolute atomic E-state index is 0.0594. The van der Waals surface area contributed by atoms with E-state index in [1.54, 1.807) is 14.2 Å². The van der Waals surface area contributed by atoms with Crippen molar-refractivity contribution in [2.75, 3.05) is 47.4 Å². The van der Waals surface area contributed by atoms with E-state index in [0.29, 0.717) is 48.6 Å². The third-order valence-electron chi connectivity index (χ3n) is 8.95. The average molecular weight is 658 g/mol. The summed E-state index contributed by atoms with van der Waals surface area (Å²) in [6, 6.07) is 3.41. The quantitative estimate of drug-likeness (QED) is 0.0761. The Morgan fingerprint density at radius 1 is 1.23 bits per heavy atom. The van der Waals surface area contributed by atoms with E-state index in [-0.39, 0.29) is 25.5 Å². The van der Waals surface area contributed by atoms with Crippen LogP contribution in [0.3, 0.4) is 0 Å². The van der Waals surface area contributed by atoms with Crippen molar-refractivity contribution in [2.24, 2.45) is 11.7 Å². The molecule has 3 amide bonds. The van der Waals surface area contributed by atoms with Crippen LogP contribution in [0.25, 0.3) is 0 Å². The number of fused-ring (bicyclic) bond motifs is 4. The van der Waals surface area contributed by atoms with Crippen molar-refractivity contribution < 1.29 is 38.5 Å². The summed E-state index contributed by atoms with van der Waals surface area (Å²) in [6.07, 6.45) is 4.87. The van der Waals surface area contributed by atoms with Crippen molar-refractivity contribution in [2.45, 2.75) is 69.6 Å². The number of carbonyl (C=O) groups is 4. The minimum Gasteiger partial charge on any atom is -0.493 e. The van der Waals surface area contributed by atoms with E-state index in [9.17, 15) is 19.2 Å². The molecule has 2 aliphatic heterocycles. The van der Waals surface area contributed by atoms with Crippen molar-refractivity contribution in [3.63, 3.8) is 0 Å². The molecule has 15 heteroatoms. The summed E-state index contributed by atoms with van der Waals surface area (Å²) in [5, 5.41) is 23.9. The van der Waals surface area contributed by atoms with Crippen LogP contribution in [0.1, 0.15) is 49.7 Å². The van der Waals surface area contributed by atoms with Gasteiger partial charge in [0.15, 0.2) is 23.6 Å². The number of hydrogen-bond acceptors (Lipinski definition) is 9. The number of benzene rings is 1. The molecule has 7 N–H and O–H groups in total. The van der Waals surface area contributed by atoms with Crippen molar-refractivity contribution in [1.29, 1.82) is 5.41 Å². The Hall–Kier alpha value is -4.53. The van der Waals surface area contributed by atoms with E-state index >= 15 is 0 Å². The maximum absolute atomic E-state index is 13.2. The molecule has 1 aliphatic carbocycles. The molecule has 0 radical (unpaired) electrons. The molecule has 3 aliphatic rings. The minimum atomic E-state index is -1.32. The van der Waals surface area contributed by atoms with Crippen molar-refractivity contribution >= 4 is 29.8 Å². The van der Waals surface area contributed by atoms with E-state index in [1.165, 1.54) is 10.5 Å². The van der Waals surface area contributed by atoms with E-state index in [0.717, 1.165) is 37.8 Å². The zero-order valence-corrected chi connectivity index (χ0v) is 27.3. The summed E-state index contributed by atoms with van der Waals surface area (Å²) in [5.41, 5.74) is 7.70. The van der Waals surface area contributed by atoms with Crippen LogP contribution in [0, 0.1) is 11.3 Å². The molecule has 258 valence electrons. The van der Waals surface area contributed by atoms with E-state index in [4.69, 9.17) is 30.5 Å². The van der Waals surface area contributed by atoms with Crippen LogP contribution in [0.2, 0.25) is 0 Å². The van der Waals surface area contributed by atoms with Gasteiger partial charge >= 0.3 is 12.1 Å². The monoisotopic (exact) mass is 657 g/mol. The number of nitrogens with one attached hydrogen (secondary N) is 4. The lowest BCUT2D eigenvalue weighted by Gasteiger charge is -2.38. The summed E-state index contributed by atoms with van der Waals surface area (Å²) in [6.45, 7) is 1.45. The fourth-order valence-electron chi connectivity index (χ4n) is 6.46. The lowest BCUT2D eigenvalue weighted by atomic mass is 9.81. The standard InChI is InChI=1S/C32H47N7O8/c1-38-14-5-6-21-19-8-11-25(45-3)29(21)46-26-17-20(23(38)16-19)9-10-24(26)47-32(44)39(2)15-13-35-30(43)22(7-4-12-36-31(33)34)37-27(40)18-28(41)42/h8,10-11,20,22-23,26H,4-7,9,12-18H2,1-3H3,(H,35,43)(H,37,40)(H,41,42)(H4,33,34,36)/t20-,22+,23-,26-/m1/s1. The summed E-state index contributed by atoms with van der Waals surface area (Å²) in [5.74, 6) is -0.747. The fraction of sp³-hybridized carbons (Fsp3) is 0.594. The Balaban J connectivity index is 1.37. The molecule has 2 heterocycles. The normalized spacial score (nSPS) is 20.7. The molecular weight excluding hydrogens is 610 g/mol. The van der Waals surface area contributed by atoms with Gasteiger partial charge in [-0.25, -0.2) is 4.79 Å². The molecule has 0 fully saturated rings. The SMILES string of the molecule is COc1ccc2c3c1O[C@@H]1C[C@@H](CC=C1OC(=O)N(C)CCNC(=O)[C@H](CCCNC(=N)N)NC(=O)CC(=O)O)[C@@H](C2)N(C)CCC3. The number of nitrogens with zero attached hydrogens (tertiary/aromatic N) is 2. The van der Waals surface area contributed by atoms with Gasteiger partial charge in [-0.15, -0.1) is 0 Å². The molecule has 0 spiro atoms. The van der Waals surface area contributed by atoms with E-state index < -0.39 is 42.4 Å². The number of hydrogen-bond donors (Lipinski definition) is 6. The molecule has 4 atom stereocenters. The van der Waals surface area contributed by atoms with E-state index in [1.807, 2.05) is 12.1 Å². The number of ether oxygens (including phenoxy) is 3. The zero-order valence-electron chi connectivity index (χ0n) is 27.3. The van der Waals surface area contributed by atoms with Crippen molar-refractivity contribution in [3.8, 4) is 11.5 Å². The smallest absolute Gasteiger partial charge is 0.414 e. The first-order valence-corrected chi connectivity index (χ1v) is 16.0. The van der Waals surface area contributed by atoms with Gasteiger partial charge in [0, 0.05) is 38.3 Å². The van der Waals surface area contributed by atoms with Crippen LogP contribution in [0.5, 0.6) is 11.5 Å². The van der Waals surface area contributed by atoms with Crippen molar-refractivity contribution in [3.05, 3.63) is 35.1 Å². The molecule has 15 nitrogen and oxygen atoms in total. The average Bonchev–Trinajstić information content (AvgIpc) is 3.02. The van der Waals surface area contributed by atoms with Crippen molar-refractivity contribution in [1.82, 2.24) is 25.8 Å². The Bertz CT molecular complexity index is 1370. The van der Waals surface area contributed by atoms with Gasteiger partial charge in [-0.1, -0.05) is 6.07 Å². The maximum atomic E-state index is 13.2. The second-order valence-corrected chi connectivity index (χ2v) is 12.3. The highest BCUT2D eigenvalue weighted by molar-refractivity contribution is 5.96. The highest BCUT2D eigenvalue weighted by Crippen LogP contribution is 2.43. The second-order valence-electron chi connectivity index (χ2n) is 12.3. The second kappa shape index (κ2) is 16.3. The molecule has 0 saturated heterocycles. The fourth-order valence-corrected chi connectivity index (χ4v) is 6.46. The number of carbonyl (C=O) groups excluding carboxylic acids is 3. The topological polar surface area (TPSA) is 209 Å². The van der Waals surface area contributed by atoms with Gasteiger partial charge in [0.2, 0.25) is 11.8 Å². The molecule has 4 rings (SSSR count). The van der Waals surface area contributed by atoms with Crippen LogP contribution >= 0.6 is 0 Å². The first-order valence-electron chi connectivity index (χ1n) is 16.0. The molecule has 1 aromatic carbocycles. The van der Waals surface area contributed by atoms with Gasteiger partial charge in [0.1, 0.15) is 18.2 Å². The lowest BCUT2D eigenvalue weighted by molar-refractivity contribution is -0.141. The van der Waals surface area contributed by atoms with Crippen LogP contribution in [-0.2, 0) is 32.0 Å². The number of nitrogens with two attached hydrogens (primary N) is 1. The summed E-state index contributed by atoms with van der Waals surface area (Å²) in [4.78, 5) is 52.8. The number of carboxylic acids is 1. The number of carboxylic acid groups (broad SMARTS) is 1. The number of methoxy groups -OCH3 is 1. The maximum Gasteiger partial charge on any atom is 0.414 e. The van der Waals surface area contributed by atoms with Crippen LogP contribution in [0.4, 0.5) is 4.79 Å². The molecule has 0 unspecified atom stereocenters. The predicted octanol–water partition coefficient (Wildman–Crippen LogP) is 0.947. The van der Waals surface area contributed by atoms with Gasteiger partial charge in [-0.3, -0.25) is 19.8 Å². The molecular formula is C32H47N7O8. The van der Waals surface area contributed by atoms with E-state index in [2.05, 4.69) is 34.0 Å². The third-order valence-corrected chi connectivity index (χ3v) is 8.95. The Labute approximate surface area is 274 Å². The number of likely N-dealkylation sites (N-methyl/N-ethyl adjacent to an activating group) is 2. The Morgan fingerprint density at radius 3 is 2.74 bits per heavy atom. The van der Waals surface area contributed by atoms with Crippen LogP contribution in [0.15, 0.2) is 24.0 Å². The highest BCUT2D eigenvalue weighted by Gasteiger charge is 2.39. The number of amides is 3. The van der Waals surface area contributed by atoms with Gasteiger partial charge < -0.3 is 50.8 Å². The van der Waals surface area contributed by atoms with Gasteiger partial charge in [0.05, 0.1) is 7.11 Å². The van der Waals surface area contributed by atoms with Gasteiger partial charge in [-0.05, 0) is 82.2 Å². The Morgan fingerprint density at radius 2 is 2.02 bits per heavy atom. The van der Waals surface area contributed by atoms with Gasteiger partial charge in [-0.2, -0.15) is 0 Å². The highest BCUT2D eigenvalue weighted by atomic mass is 16.6. The summed E-state index contributed by atoms with van der Waals surface area (Å²) in [7, 11) is 5.36. The number of guanidine groups is 1. The first-order chi connectivity index (χ1) is 22.5. The van der Waals surface area contributed by atoms with Crippen LogP contribution < -0.4 is 31.2 Å². The first kappa shape index (κ1) is 35.3. The molecule has 1 aromatic rings. The largest absolute Gasteiger partial charge is 0.493 e. The van der Waals surface area contributed by atoms with Gasteiger partial charge in [0.25, 0.3) is 0 Å². The van der Waals surface area contributed by atoms with Crippen LogP contribution in [-0.4, -0.2) is 110 Å². The predicted molar refractivity (Wildman–Crippen MR) is 172 cm³/mol. The number of allylic oxidation sites excluding steroid dienone is 1.